The highest BCUT2D eigenvalue weighted by Crippen LogP contribution is 2.06. The molecule has 0 aliphatic rings. The summed E-state index contributed by atoms with van der Waals surface area (Å²) >= 11 is 0. The van der Waals surface area contributed by atoms with E-state index in [9.17, 15) is 14.7 Å². The van der Waals surface area contributed by atoms with Crippen molar-refractivity contribution in [1.29, 1.82) is 0 Å². The fraction of sp³-hybridized carbons (Fsp3) is 0.600. The number of hydrogen-bond acceptors (Lipinski definition) is 6. The summed E-state index contributed by atoms with van der Waals surface area (Å²) in [6, 6.07) is 0. The topological polar surface area (TPSA) is 88.3 Å². The SMILES string of the molecule is C=C[Si](CN=O)(CN=O)CN=O. The van der Waals surface area contributed by atoms with Crippen LogP contribution in [-0.4, -0.2) is 26.6 Å². The quantitative estimate of drug-likeness (QED) is 0.441. The summed E-state index contributed by atoms with van der Waals surface area (Å²) in [5, 5.41) is 7.98. The van der Waals surface area contributed by atoms with Gasteiger partial charge in [-0.05, 0) is 0 Å². The Labute approximate surface area is 70.0 Å². The van der Waals surface area contributed by atoms with Crippen LogP contribution in [0.2, 0.25) is 0 Å². The molecule has 0 aliphatic carbocycles. The van der Waals surface area contributed by atoms with E-state index in [2.05, 4.69) is 22.1 Å². The first-order valence-corrected chi connectivity index (χ1v) is 5.95. The van der Waals surface area contributed by atoms with Gasteiger partial charge in [0.25, 0.3) is 0 Å². The predicted molar refractivity (Wildman–Crippen MR) is 47.9 cm³/mol. The molecule has 0 heterocycles. The van der Waals surface area contributed by atoms with Crippen LogP contribution in [0, 0.1) is 14.7 Å². The van der Waals surface area contributed by atoms with Gasteiger partial charge in [-0.1, -0.05) is 21.2 Å². The molecule has 0 rings (SSSR count). The van der Waals surface area contributed by atoms with Gasteiger partial charge in [0.2, 0.25) is 0 Å². The molecule has 0 N–H and O–H groups in total. The largest absolute Gasteiger partial charge is 0.160 e. The molecule has 0 aliphatic heterocycles. The Kier molecular flexibility index (Phi) is 4.85. The van der Waals surface area contributed by atoms with E-state index in [0.717, 1.165) is 0 Å². The van der Waals surface area contributed by atoms with Crippen molar-refractivity contribution in [3.05, 3.63) is 27.0 Å². The van der Waals surface area contributed by atoms with E-state index in [0.29, 0.717) is 0 Å². The van der Waals surface area contributed by atoms with Gasteiger partial charge in [0.1, 0.15) is 0 Å². The van der Waals surface area contributed by atoms with E-state index in [1.807, 2.05) is 0 Å². The Hall–Kier alpha value is -1.24. The van der Waals surface area contributed by atoms with Gasteiger partial charge in [-0.15, -0.1) is 6.58 Å². The Morgan fingerprint density at radius 3 is 1.50 bits per heavy atom. The molecule has 0 unspecified atom stereocenters. The van der Waals surface area contributed by atoms with E-state index < -0.39 is 8.07 Å². The lowest BCUT2D eigenvalue weighted by Gasteiger charge is -2.16. The molecule has 0 spiro atoms. The van der Waals surface area contributed by atoms with Gasteiger partial charge in [0.05, 0.1) is 18.5 Å². The molecular weight excluding hydrogens is 178 g/mol. The molecule has 0 fully saturated rings. The van der Waals surface area contributed by atoms with E-state index in [-0.39, 0.29) is 18.5 Å². The zero-order chi connectivity index (χ0) is 9.45. The normalized spacial score (nSPS) is 10.3. The summed E-state index contributed by atoms with van der Waals surface area (Å²) in [6.07, 6.45) is -0.185. The van der Waals surface area contributed by atoms with Gasteiger partial charge < -0.3 is 0 Å². The molecule has 0 aromatic heterocycles. The van der Waals surface area contributed by atoms with Gasteiger partial charge in [-0.25, -0.2) is 0 Å². The Balaban J connectivity index is 4.45. The fourth-order valence-electron chi connectivity index (χ4n) is 0.729. The molecule has 0 saturated carbocycles. The zero-order valence-corrected chi connectivity index (χ0v) is 7.47. The van der Waals surface area contributed by atoms with Gasteiger partial charge in [0.15, 0.2) is 8.07 Å². The van der Waals surface area contributed by atoms with Crippen LogP contribution in [0.1, 0.15) is 0 Å². The van der Waals surface area contributed by atoms with Crippen molar-refractivity contribution in [3.63, 3.8) is 0 Å². The Morgan fingerprint density at radius 1 is 1.00 bits per heavy atom. The second-order valence-corrected chi connectivity index (χ2v) is 6.51. The number of nitrogens with zero attached hydrogens (tertiary/aromatic N) is 3. The lowest BCUT2D eigenvalue weighted by atomic mass is 11.2. The molecule has 6 nitrogen and oxygen atoms in total. The highest BCUT2D eigenvalue weighted by Gasteiger charge is 2.31. The maximum absolute atomic E-state index is 9.98. The summed E-state index contributed by atoms with van der Waals surface area (Å²) in [5.41, 5.74) is 1.46. The third-order valence-electron chi connectivity index (χ3n) is 1.57. The third kappa shape index (κ3) is 2.78. The van der Waals surface area contributed by atoms with Crippen molar-refractivity contribution in [2.45, 2.75) is 0 Å². The Bertz CT molecular complexity index is 170. The predicted octanol–water partition coefficient (Wildman–Crippen LogP) is 1.08. The maximum Gasteiger partial charge on any atom is 0.160 e. The Morgan fingerprint density at radius 2 is 1.33 bits per heavy atom. The lowest BCUT2D eigenvalue weighted by molar-refractivity contribution is 1.12. The van der Waals surface area contributed by atoms with Crippen LogP contribution in [0.15, 0.2) is 27.8 Å². The van der Waals surface area contributed by atoms with E-state index >= 15 is 0 Å². The molecule has 7 heteroatoms. The summed E-state index contributed by atoms with van der Waals surface area (Å²) in [7, 11) is -2.44. The van der Waals surface area contributed by atoms with Crippen LogP contribution in [0.5, 0.6) is 0 Å². The zero-order valence-electron chi connectivity index (χ0n) is 6.47. The van der Waals surface area contributed by atoms with Crippen LogP contribution in [0.3, 0.4) is 0 Å². The van der Waals surface area contributed by atoms with Crippen LogP contribution in [0.25, 0.3) is 0 Å². The van der Waals surface area contributed by atoms with Crippen molar-refractivity contribution in [2.75, 3.05) is 18.5 Å². The maximum atomic E-state index is 9.98. The van der Waals surface area contributed by atoms with E-state index in [4.69, 9.17) is 0 Å². The summed E-state index contributed by atoms with van der Waals surface area (Å²) < 4.78 is 0. The fourth-order valence-corrected chi connectivity index (χ4v) is 2.19. The van der Waals surface area contributed by atoms with Gasteiger partial charge in [0, 0.05) is 0 Å². The first-order chi connectivity index (χ1) is 5.74. The molecule has 66 valence electrons. The van der Waals surface area contributed by atoms with Crippen molar-refractivity contribution >= 4 is 8.07 Å². The van der Waals surface area contributed by atoms with Crippen molar-refractivity contribution in [3.8, 4) is 0 Å². The van der Waals surface area contributed by atoms with Gasteiger partial charge in [-0.2, -0.15) is 14.7 Å². The first-order valence-electron chi connectivity index (χ1n) is 3.25. The second-order valence-electron chi connectivity index (χ2n) is 2.43. The van der Waals surface area contributed by atoms with Gasteiger partial charge in [-0.3, -0.25) is 0 Å². The summed E-state index contributed by atoms with van der Waals surface area (Å²) in [6.45, 7) is 3.45. The molecular formula is C5H9N3O3Si. The van der Waals surface area contributed by atoms with E-state index in [1.54, 1.807) is 0 Å². The minimum absolute atomic E-state index is 0.0615. The van der Waals surface area contributed by atoms with Crippen molar-refractivity contribution in [1.82, 2.24) is 0 Å². The molecule has 0 radical (unpaired) electrons. The first kappa shape index (κ1) is 10.8. The summed E-state index contributed by atoms with van der Waals surface area (Å²) in [4.78, 5) is 29.9. The highest BCUT2D eigenvalue weighted by molar-refractivity contribution is 6.85. The third-order valence-corrected chi connectivity index (χ3v) is 4.71. The monoisotopic (exact) mass is 187 g/mol. The van der Waals surface area contributed by atoms with Crippen molar-refractivity contribution < 1.29 is 0 Å². The lowest BCUT2D eigenvalue weighted by Crippen LogP contribution is -2.44. The van der Waals surface area contributed by atoms with Crippen LogP contribution in [-0.2, 0) is 0 Å². The molecule has 0 amide bonds. The smallest absolute Gasteiger partial charge is 0.151 e. The molecule has 0 atom stereocenters. The van der Waals surface area contributed by atoms with Crippen LogP contribution >= 0.6 is 0 Å². The second kappa shape index (κ2) is 5.41. The van der Waals surface area contributed by atoms with E-state index in [1.165, 1.54) is 5.70 Å². The standard InChI is InChI=1S/C5H9N3O3Si/c1-2-12(3-6-9,4-7-10)5-8-11/h2H,1,3-5H2. The average Bonchev–Trinajstić information content (AvgIpc) is 2.06. The minimum atomic E-state index is -2.44. The molecule has 12 heavy (non-hydrogen) atoms. The molecule has 0 bridgehead atoms. The number of hydrogen-bond donors (Lipinski definition) is 0. The summed E-state index contributed by atoms with van der Waals surface area (Å²) in [5.74, 6) is 0. The number of rotatable bonds is 7. The number of nitroso groups, excluding NO2 is 3. The van der Waals surface area contributed by atoms with Crippen molar-refractivity contribution in [2.24, 2.45) is 15.5 Å². The molecule has 0 aromatic rings. The molecule has 0 aromatic carbocycles. The molecule has 0 saturated heterocycles. The van der Waals surface area contributed by atoms with Gasteiger partial charge >= 0.3 is 0 Å². The minimum Gasteiger partial charge on any atom is -0.151 e. The van der Waals surface area contributed by atoms with Crippen LogP contribution < -0.4 is 0 Å². The highest BCUT2D eigenvalue weighted by atomic mass is 28.3. The average molecular weight is 187 g/mol. The van der Waals surface area contributed by atoms with Crippen LogP contribution in [0.4, 0.5) is 0 Å².